The monoisotopic (exact) mass is 660 g/mol. The van der Waals surface area contributed by atoms with E-state index in [0.717, 1.165) is 38.5 Å². The van der Waals surface area contributed by atoms with E-state index in [4.69, 9.17) is 15.0 Å². The maximum atomic E-state index is 5.23. The fourth-order valence-corrected chi connectivity index (χ4v) is 8.26. The average molecular weight is 661 g/mol. The number of rotatable bonds is 4. The largest absolute Gasteiger partial charge is 0.277 e. The second-order valence-electron chi connectivity index (χ2n) is 12.0. The van der Waals surface area contributed by atoms with E-state index in [2.05, 4.69) is 126 Å². The van der Waals surface area contributed by atoms with Crippen LogP contribution < -0.4 is 0 Å². The summed E-state index contributed by atoms with van der Waals surface area (Å²) in [6.07, 6.45) is 0. The zero-order valence-electron chi connectivity index (χ0n) is 27.7. The number of benzene rings is 7. The smallest absolute Gasteiger partial charge is 0.238 e. The molecule has 4 nitrogen and oxygen atoms in total. The maximum absolute atomic E-state index is 5.23. The summed E-state index contributed by atoms with van der Waals surface area (Å²) in [7, 11) is 0. The number of hydrogen-bond acceptors (Lipinski definition) is 4. The molecule has 0 saturated carbocycles. The highest BCUT2D eigenvalue weighted by molar-refractivity contribution is 7.26. The molecule has 3 heterocycles. The van der Waals surface area contributed by atoms with E-state index in [1.807, 2.05) is 61.6 Å². The second-order valence-corrected chi connectivity index (χ2v) is 13.1. The molecule has 0 N–H and O–H groups in total. The van der Waals surface area contributed by atoms with Crippen molar-refractivity contribution in [3.63, 3.8) is 0 Å². The molecule has 3 aromatic heterocycles. The Morgan fingerprint density at radius 1 is 0.460 bits per heavy atom. The van der Waals surface area contributed by atoms with Crippen LogP contribution in [0.2, 0.25) is 0 Å². The van der Waals surface area contributed by atoms with Crippen molar-refractivity contribution in [3.8, 4) is 39.9 Å². The molecular formula is C45H32N4S. The summed E-state index contributed by atoms with van der Waals surface area (Å²) in [4.78, 5) is 15.5. The van der Waals surface area contributed by atoms with Gasteiger partial charge >= 0.3 is 0 Å². The number of fused-ring (bicyclic) bond motifs is 7. The highest BCUT2D eigenvalue weighted by Gasteiger charge is 2.22. The molecule has 0 aliphatic carbocycles. The number of nitrogens with zero attached hydrogens (tertiary/aromatic N) is 4. The van der Waals surface area contributed by atoms with Gasteiger partial charge in [-0.05, 0) is 29.0 Å². The molecule has 0 spiro atoms. The second kappa shape index (κ2) is 12.4. The Hall–Kier alpha value is -6.17. The fourth-order valence-electron chi connectivity index (χ4n) is 7.03. The van der Waals surface area contributed by atoms with Crippen LogP contribution in [0, 0.1) is 0 Å². The van der Waals surface area contributed by atoms with Crippen molar-refractivity contribution < 1.29 is 0 Å². The third-order valence-electron chi connectivity index (χ3n) is 9.24. The molecule has 10 aromatic rings. The van der Waals surface area contributed by atoms with E-state index in [-0.39, 0.29) is 0 Å². The van der Waals surface area contributed by atoms with Gasteiger partial charge in [-0.15, -0.1) is 11.3 Å². The quantitative estimate of drug-likeness (QED) is 0.189. The Balaban J connectivity index is 0.00000165. The predicted molar refractivity (Wildman–Crippen MR) is 212 cm³/mol. The van der Waals surface area contributed by atoms with Gasteiger partial charge in [-0.2, -0.15) is 9.97 Å². The first-order valence-electron chi connectivity index (χ1n) is 17.0. The van der Waals surface area contributed by atoms with Gasteiger partial charge in [0.05, 0.1) is 11.0 Å². The van der Waals surface area contributed by atoms with Crippen LogP contribution >= 0.6 is 11.3 Å². The van der Waals surface area contributed by atoms with Gasteiger partial charge in [-0.3, -0.25) is 4.57 Å². The van der Waals surface area contributed by atoms with Crippen LogP contribution in [0.5, 0.6) is 0 Å². The van der Waals surface area contributed by atoms with Gasteiger partial charge in [0.25, 0.3) is 0 Å². The maximum Gasteiger partial charge on any atom is 0.238 e. The van der Waals surface area contributed by atoms with Crippen LogP contribution in [0.15, 0.2) is 158 Å². The van der Waals surface area contributed by atoms with Gasteiger partial charge in [-0.1, -0.05) is 153 Å². The molecular weight excluding hydrogens is 629 g/mol. The van der Waals surface area contributed by atoms with E-state index >= 15 is 0 Å². The lowest BCUT2D eigenvalue weighted by molar-refractivity contribution is 0.954. The SMILES string of the molecule is CC.c1ccc(-c2nc(-c3ccccc3)nc(-n3c4cc5ccccc5cc4c4cccc(-c5cccc6c5sc5ccccc56)c43)n2)cc1. The predicted octanol–water partition coefficient (Wildman–Crippen LogP) is 12.5. The minimum Gasteiger partial charge on any atom is -0.277 e. The molecule has 238 valence electrons. The van der Waals surface area contributed by atoms with Crippen LogP contribution in [-0.2, 0) is 0 Å². The van der Waals surface area contributed by atoms with Gasteiger partial charge in [0.15, 0.2) is 11.6 Å². The number of aromatic nitrogens is 4. The normalized spacial score (nSPS) is 11.4. The average Bonchev–Trinajstić information content (AvgIpc) is 3.74. The zero-order valence-corrected chi connectivity index (χ0v) is 28.5. The van der Waals surface area contributed by atoms with Gasteiger partial charge < -0.3 is 0 Å². The van der Waals surface area contributed by atoms with E-state index in [1.54, 1.807) is 0 Å². The number of para-hydroxylation sites is 1. The summed E-state index contributed by atoms with van der Waals surface area (Å²) in [5, 5.41) is 7.26. The molecule has 10 rings (SSSR count). The molecule has 0 bridgehead atoms. The van der Waals surface area contributed by atoms with E-state index in [9.17, 15) is 0 Å². The highest BCUT2D eigenvalue weighted by atomic mass is 32.1. The molecule has 50 heavy (non-hydrogen) atoms. The molecule has 7 aromatic carbocycles. The Bertz CT molecular complexity index is 2780. The fraction of sp³-hybridized carbons (Fsp3) is 0.0444. The van der Waals surface area contributed by atoms with Crippen LogP contribution in [0.1, 0.15) is 13.8 Å². The van der Waals surface area contributed by atoms with Crippen molar-refractivity contribution in [1.82, 2.24) is 19.5 Å². The summed E-state index contributed by atoms with van der Waals surface area (Å²) >= 11 is 1.85. The molecule has 0 aliphatic heterocycles. The van der Waals surface area contributed by atoms with Crippen molar-refractivity contribution in [2.24, 2.45) is 0 Å². The molecule has 0 fully saturated rings. The molecule has 0 unspecified atom stereocenters. The Morgan fingerprint density at radius 2 is 1.02 bits per heavy atom. The van der Waals surface area contributed by atoms with Gasteiger partial charge in [-0.25, -0.2) is 4.98 Å². The first-order chi connectivity index (χ1) is 24.8. The summed E-state index contributed by atoms with van der Waals surface area (Å²) in [5.74, 6) is 1.87. The van der Waals surface area contributed by atoms with E-state index < -0.39 is 0 Å². The standard InChI is InChI=1S/C43H26N4S.C2H6/c1-3-13-27(14-4-1)41-44-42(28-15-5-2-6-16-28)46-43(45-41)47-37-26-30-18-8-7-17-29(30)25-36(37)33-21-11-20-32(39(33)47)35-23-12-22-34-31-19-9-10-24-38(31)48-40(34)35;1-2/h1-26H;1-2H3. The molecule has 0 saturated heterocycles. The van der Waals surface area contributed by atoms with Crippen LogP contribution in [0.3, 0.4) is 0 Å². The van der Waals surface area contributed by atoms with Gasteiger partial charge in [0, 0.05) is 53.2 Å². The van der Waals surface area contributed by atoms with Crippen molar-refractivity contribution in [2.45, 2.75) is 13.8 Å². The highest BCUT2D eigenvalue weighted by Crippen LogP contribution is 2.44. The van der Waals surface area contributed by atoms with Crippen molar-refractivity contribution in [3.05, 3.63) is 158 Å². The first-order valence-corrected chi connectivity index (χ1v) is 17.9. The van der Waals surface area contributed by atoms with Gasteiger partial charge in [0.2, 0.25) is 5.95 Å². The third-order valence-corrected chi connectivity index (χ3v) is 10.5. The molecule has 0 amide bonds. The van der Waals surface area contributed by atoms with Crippen molar-refractivity contribution >= 4 is 64.1 Å². The number of hydrogen-bond donors (Lipinski definition) is 0. The third kappa shape index (κ3) is 4.86. The summed E-state index contributed by atoms with van der Waals surface area (Å²) in [6.45, 7) is 4.00. The summed E-state index contributed by atoms with van der Waals surface area (Å²) in [6, 6.07) is 55.5. The molecule has 5 heteroatoms. The van der Waals surface area contributed by atoms with Crippen LogP contribution in [0.25, 0.3) is 92.6 Å². The Labute approximate surface area is 294 Å². The lowest BCUT2D eigenvalue weighted by Gasteiger charge is -2.13. The molecule has 0 radical (unpaired) electrons. The lowest BCUT2D eigenvalue weighted by atomic mass is 9.99. The first kappa shape index (κ1) is 29.9. The van der Waals surface area contributed by atoms with Gasteiger partial charge in [0.1, 0.15) is 0 Å². The van der Waals surface area contributed by atoms with E-state index in [0.29, 0.717) is 17.6 Å². The molecule has 0 aliphatic rings. The van der Waals surface area contributed by atoms with Crippen molar-refractivity contribution in [1.29, 1.82) is 0 Å². The molecule has 0 atom stereocenters. The Kier molecular flexibility index (Phi) is 7.41. The lowest BCUT2D eigenvalue weighted by Crippen LogP contribution is -2.07. The Morgan fingerprint density at radius 3 is 1.72 bits per heavy atom. The van der Waals surface area contributed by atoms with Crippen LogP contribution in [-0.4, -0.2) is 19.5 Å². The number of thiophene rings is 1. The zero-order chi connectivity index (χ0) is 33.6. The minimum absolute atomic E-state index is 0.592. The minimum atomic E-state index is 0.592. The summed E-state index contributed by atoms with van der Waals surface area (Å²) in [5.41, 5.74) is 6.38. The van der Waals surface area contributed by atoms with Crippen molar-refractivity contribution in [2.75, 3.05) is 0 Å². The topological polar surface area (TPSA) is 43.6 Å². The van der Waals surface area contributed by atoms with E-state index in [1.165, 1.54) is 36.5 Å². The summed E-state index contributed by atoms with van der Waals surface area (Å²) < 4.78 is 4.83. The van der Waals surface area contributed by atoms with Crippen LogP contribution in [0.4, 0.5) is 0 Å².